The van der Waals surface area contributed by atoms with Crippen LogP contribution in [0.5, 0.6) is 0 Å². The van der Waals surface area contributed by atoms with Gasteiger partial charge in [0.05, 0.1) is 10.5 Å². The normalized spacial score (nSPS) is 14.2. The lowest BCUT2D eigenvalue weighted by atomic mass is 10.1. The second-order valence-electron chi connectivity index (χ2n) is 6.15. The molecule has 0 saturated heterocycles. The van der Waals surface area contributed by atoms with Crippen LogP contribution in [-0.2, 0) is 19.6 Å². The lowest BCUT2D eigenvalue weighted by Crippen LogP contribution is -2.29. The summed E-state index contributed by atoms with van der Waals surface area (Å²) in [5, 5.41) is 2.65. The summed E-state index contributed by atoms with van der Waals surface area (Å²) in [4.78, 5) is 23.8. The van der Waals surface area contributed by atoms with Crippen LogP contribution in [-0.4, -0.2) is 39.5 Å². The first-order valence-corrected chi connectivity index (χ1v) is 9.88. The Labute approximate surface area is 148 Å². The molecule has 0 unspecified atom stereocenters. The molecule has 8 heteroatoms. The highest BCUT2D eigenvalue weighted by Gasteiger charge is 2.28. The number of benzene rings is 1. The van der Waals surface area contributed by atoms with E-state index in [1.54, 1.807) is 13.0 Å². The highest BCUT2D eigenvalue weighted by atomic mass is 32.2. The number of unbranched alkanes of at least 4 members (excludes halogenated alkanes) is 1. The fourth-order valence-corrected chi connectivity index (χ4v) is 3.47. The molecule has 25 heavy (non-hydrogen) atoms. The number of ether oxygens (including phenoxy) is 1. The maximum absolute atomic E-state index is 12.3. The molecule has 7 nitrogen and oxygen atoms in total. The molecule has 1 aromatic rings. The van der Waals surface area contributed by atoms with Crippen molar-refractivity contribution in [2.24, 2.45) is 0 Å². The number of nitrogens with one attached hydrogen (secondary N) is 2. The van der Waals surface area contributed by atoms with Gasteiger partial charge < -0.3 is 10.1 Å². The van der Waals surface area contributed by atoms with Crippen LogP contribution in [0.2, 0.25) is 0 Å². The zero-order valence-corrected chi connectivity index (χ0v) is 15.3. The van der Waals surface area contributed by atoms with Gasteiger partial charge in [0.1, 0.15) is 0 Å². The summed E-state index contributed by atoms with van der Waals surface area (Å²) in [5.41, 5.74) is 0.724. The van der Waals surface area contributed by atoms with Crippen LogP contribution < -0.4 is 10.0 Å². The van der Waals surface area contributed by atoms with Gasteiger partial charge in [0, 0.05) is 12.6 Å². The number of carbonyl (C=O) groups excluding carboxylic acids is 2. The van der Waals surface area contributed by atoms with E-state index in [4.69, 9.17) is 4.74 Å². The summed E-state index contributed by atoms with van der Waals surface area (Å²) in [5.74, 6) is -1.09. The van der Waals surface area contributed by atoms with Crippen LogP contribution in [0.15, 0.2) is 23.1 Å². The molecule has 0 spiro atoms. The van der Waals surface area contributed by atoms with Crippen molar-refractivity contribution in [1.29, 1.82) is 0 Å². The fourth-order valence-electron chi connectivity index (χ4n) is 2.14. The molecule has 1 fully saturated rings. The van der Waals surface area contributed by atoms with Crippen molar-refractivity contribution >= 4 is 21.9 Å². The minimum atomic E-state index is -3.65. The number of carbonyl (C=O) groups is 2. The van der Waals surface area contributed by atoms with Gasteiger partial charge in [-0.2, -0.15) is 0 Å². The number of aryl methyl sites for hydroxylation is 1. The van der Waals surface area contributed by atoms with Crippen LogP contribution >= 0.6 is 0 Å². The van der Waals surface area contributed by atoms with Gasteiger partial charge >= 0.3 is 5.97 Å². The van der Waals surface area contributed by atoms with Crippen molar-refractivity contribution < 1.29 is 22.7 Å². The Balaban J connectivity index is 2.01. The average molecular weight is 368 g/mol. The number of amides is 1. The molecule has 138 valence electrons. The van der Waals surface area contributed by atoms with Crippen LogP contribution in [0.1, 0.15) is 48.5 Å². The molecule has 1 aliphatic carbocycles. The molecule has 1 aliphatic rings. The van der Waals surface area contributed by atoms with Crippen LogP contribution in [0, 0.1) is 6.92 Å². The maximum atomic E-state index is 12.3. The Kier molecular flexibility index (Phi) is 6.55. The van der Waals surface area contributed by atoms with E-state index in [1.165, 1.54) is 12.1 Å². The maximum Gasteiger partial charge on any atom is 0.338 e. The Bertz CT molecular complexity index is 741. The molecular formula is C17H24N2O5S. The Morgan fingerprint density at radius 3 is 2.64 bits per heavy atom. The molecule has 0 aromatic heterocycles. The van der Waals surface area contributed by atoms with Crippen molar-refractivity contribution in [3.63, 3.8) is 0 Å². The predicted octanol–water partition coefficient (Wildman–Crippen LogP) is 1.51. The number of rotatable bonds is 9. The molecular weight excluding hydrogens is 344 g/mol. The van der Waals surface area contributed by atoms with E-state index in [9.17, 15) is 18.0 Å². The van der Waals surface area contributed by atoms with E-state index in [1.807, 2.05) is 6.92 Å². The minimum absolute atomic E-state index is 0.0179. The monoisotopic (exact) mass is 368 g/mol. The zero-order valence-electron chi connectivity index (χ0n) is 14.5. The molecule has 0 aliphatic heterocycles. The summed E-state index contributed by atoms with van der Waals surface area (Å²) in [6.45, 7) is 3.84. The first kappa shape index (κ1) is 19.4. The van der Waals surface area contributed by atoms with Gasteiger partial charge in [0.25, 0.3) is 5.91 Å². The lowest BCUT2D eigenvalue weighted by molar-refractivity contribution is -0.124. The van der Waals surface area contributed by atoms with Gasteiger partial charge in [-0.05, 0) is 43.9 Å². The first-order valence-electron chi connectivity index (χ1n) is 8.40. The molecule has 0 heterocycles. The lowest BCUT2D eigenvalue weighted by Gasteiger charge is -2.10. The van der Waals surface area contributed by atoms with Crippen molar-refractivity contribution in [3.8, 4) is 0 Å². The predicted molar refractivity (Wildman–Crippen MR) is 92.7 cm³/mol. The number of hydrogen-bond acceptors (Lipinski definition) is 5. The third-order valence-electron chi connectivity index (χ3n) is 3.83. The van der Waals surface area contributed by atoms with Gasteiger partial charge in [-0.25, -0.2) is 17.9 Å². The molecule has 0 atom stereocenters. The highest BCUT2D eigenvalue weighted by Crippen LogP contribution is 2.23. The quantitative estimate of drug-likeness (QED) is 0.508. The largest absolute Gasteiger partial charge is 0.452 e. The second-order valence-corrected chi connectivity index (χ2v) is 7.87. The molecule has 1 saturated carbocycles. The molecule has 1 amide bonds. The van der Waals surface area contributed by atoms with E-state index in [2.05, 4.69) is 10.0 Å². The van der Waals surface area contributed by atoms with Crippen LogP contribution in [0.3, 0.4) is 0 Å². The van der Waals surface area contributed by atoms with Gasteiger partial charge in [0.2, 0.25) is 10.0 Å². The summed E-state index contributed by atoms with van der Waals surface area (Å²) in [6, 6.07) is 4.28. The standard InChI is InChI=1S/C17H24N2O5S/c1-3-4-9-18-16(20)11-24-17(21)15-10-14(8-5-12(15)2)25(22,23)19-13-6-7-13/h5,8,10,13,19H,3-4,6-7,9,11H2,1-2H3,(H,18,20). The summed E-state index contributed by atoms with van der Waals surface area (Å²) in [6.07, 6.45) is 3.46. The SMILES string of the molecule is CCCCNC(=O)COC(=O)c1cc(S(=O)(=O)NC2CC2)ccc1C. The summed E-state index contributed by atoms with van der Waals surface area (Å²) < 4.78 is 32.1. The van der Waals surface area contributed by atoms with Gasteiger partial charge in [-0.1, -0.05) is 19.4 Å². The van der Waals surface area contributed by atoms with Crippen LogP contribution in [0.25, 0.3) is 0 Å². The van der Waals surface area contributed by atoms with Crippen LogP contribution in [0.4, 0.5) is 0 Å². The molecule has 1 aromatic carbocycles. The van der Waals surface area contributed by atoms with E-state index < -0.39 is 16.0 Å². The molecule has 2 rings (SSSR count). The van der Waals surface area contributed by atoms with Crippen molar-refractivity contribution in [2.75, 3.05) is 13.2 Å². The average Bonchev–Trinajstić information content (AvgIpc) is 3.36. The minimum Gasteiger partial charge on any atom is -0.452 e. The van der Waals surface area contributed by atoms with E-state index in [0.717, 1.165) is 25.7 Å². The Morgan fingerprint density at radius 2 is 2.00 bits per heavy atom. The third kappa shape index (κ3) is 5.82. The molecule has 2 N–H and O–H groups in total. The zero-order chi connectivity index (χ0) is 18.4. The number of hydrogen-bond donors (Lipinski definition) is 2. The van der Waals surface area contributed by atoms with Crippen molar-refractivity contribution in [3.05, 3.63) is 29.3 Å². The van der Waals surface area contributed by atoms with Gasteiger partial charge in [-0.15, -0.1) is 0 Å². The highest BCUT2D eigenvalue weighted by molar-refractivity contribution is 7.89. The summed E-state index contributed by atoms with van der Waals surface area (Å²) >= 11 is 0. The van der Waals surface area contributed by atoms with E-state index in [0.29, 0.717) is 12.1 Å². The van der Waals surface area contributed by atoms with Gasteiger partial charge in [-0.3, -0.25) is 4.79 Å². The van der Waals surface area contributed by atoms with E-state index >= 15 is 0 Å². The number of esters is 1. The van der Waals surface area contributed by atoms with Gasteiger partial charge in [0.15, 0.2) is 6.61 Å². The molecule has 0 bridgehead atoms. The summed E-state index contributed by atoms with van der Waals surface area (Å²) in [7, 11) is -3.65. The van der Waals surface area contributed by atoms with E-state index in [-0.39, 0.29) is 29.0 Å². The third-order valence-corrected chi connectivity index (χ3v) is 5.34. The second kappa shape index (κ2) is 8.44. The van der Waals surface area contributed by atoms with Crippen molar-refractivity contribution in [1.82, 2.24) is 10.0 Å². The Morgan fingerprint density at radius 1 is 1.28 bits per heavy atom. The smallest absolute Gasteiger partial charge is 0.338 e. The number of sulfonamides is 1. The Hall–Kier alpha value is -1.93. The topological polar surface area (TPSA) is 102 Å². The first-order chi connectivity index (χ1) is 11.8. The van der Waals surface area contributed by atoms with Crippen molar-refractivity contribution in [2.45, 2.75) is 50.5 Å². The fraction of sp³-hybridized carbons (Fsp3) is 0.529. The molecule has 0 radical (unpaired) electrons.